The van der Waals surface area contributed by atoms with E-state index in [0.717, 1.165) is 32.7 Å². The lowest BCUT2D eigenvalue weighted by Crippen LogP contribution is -2.25. The summed E-state index contributed by atoms with van der Waals surface area (Å²) in [6.45, 7) is 6.16. The average molecular weight is 315 g/mol. The van der Waals surface area contributed by atoms with Crippen molar-refractivity contribution in [2.24, 2.45) is 0 Å². The molecule has 2 aromatic carbocycles. The summed E-state index contributed by atoms with van der Waals surface area (Å²) in [5, 5.41) is 10.7. The van der Waals surface area contributed by atoms with Gasteiger partial charge in [0.05, 0.1) is 29.5 Å². The lowest BCUT2D eigenvalue weighted by atomic mass is 10.0. The zero-order valence-electron chi connectivity index (χ0n) is 13.0. The maximum atomic E-state index is 9.98. The van der Waals surface area contributed by atoms with Crippen molar-refractivity contribution in [3.63, 3.8) is 0 Å². The molecule has 1 N–H and O–H groups in total. The monoisotopic (exact) mass is 314 g/mol. The van der Waals surface area contributed by atoms with Crippen molar-refractivity contribution in [2.75, 3.05) is 0 Å². The minimum absolute atomic E-state index is 0.517. The standard InChI is InChI=1S/C18H19ClN2O/c1-12-8-14(19)5-6-15(12)13-4-7-17-16(9-13)20-11-21(17)10-18(2,3)22/h4-9,11,22H,10H2,1-3H3. The zero-order chi connectivity index (χ0) is 15.9. The minimum atomic E-state index is -0.765. The first-order valence-electron chi connectivity index (χ1n) is 7.27. The van der Waals surface area contributed by atoms with E-state index in [1.165, 1.54) is 0 Å². The molecule has 0 unspecified atom stereocenters. The lowest BCUT2D eigenvalue weighted by molar-refractivity contribution is 0.0627. The second-order valence-electron chi connectivity index (χ2n) is 6.35. The number of hydrogen-bond acceptors (Lipinski definition) is 2. The van der Waals surface area contributed by atoms with Crippen molar-refractivity contribution in [2.45, 2.75) is 32.9 Å². The van der Waals surface area contributed by atoms with Gasteiger partial charge in [-0.3, -0.25) is 0 Å². The van der Waals surface area contributed by atoms with Crippen LogP contribution in [0.5, 0.6) is 0 Å². The Kier molecular flexibility index (Phi) is 3.71. The summed E-state index contributed by atoms with van der Waals surface area (Å²) in [5.74, 6) is 0. The molecule has 0 radical (unpaired) electrons. The Morgan fingerprint density at radius 2 is 1.95 bits per heavy atom. The first-order valence-corrected chi connectivity index (χ1v) is 7.65. The highest BCUT2D eigenvalue weighted by atomic mass is 35.5. The maximum absolute atomic E-state index is 9.98. The van der Waals surface area contributed by atoms with Gasteiger partial charge in [-0.05, 0) is 61.7 Å². The van der Waals surface area contributed by atoms with Crippen molar-refractivity contribution in [1.82, 2.24) is 9.55 Å². The normalized spacial score (nSPS) is 12.0. The van der Waals surface area contributed by atoms with Crippen LogP contribution >= 0.6 is 11.6 Å². The summed E-state index contributed by atoms with van der Waals surface area (Å²) < 4.78 is 1.98. The zero-order valence-corrected chi connectivity index (χ0v) is 13.7. The summed E-state index contributed by atoms with van der Waals surface area (Å²) in [6, 6.07) is 12.1. The van der Waals surface area contributed by atoms with Gasteiger partial charge in [0.25, 0.3) is 0 Å². The fourth-order valence-corrected chi connectivity index (χ4v) is 2.95. The molecular weight excluding hydrogens is 296 g/mol. The molecule has 1 aromatic heterocycles. The molecule has 0 spiro atoms. The van der Waals surface area contributed by atoms with Crippen molar-refractivity contribution in [1.29, 1.82) is 0 Å². The Morgan fingerprint density at radius 3 is 2.64 bits per heavy atom. The molecular formula is C18H19ClN2O. The first kappa shape index (κ1) is 15.1. The van der Waals surface area contributed by atoms with E-state index in [2.05, 4.69) is 30.1 Å². The predicted molar refractivity (Wildman–Crippen MR) is 91.2 cm³/mol. The summed E-state index contributed by atoms with van der Waals surface area (Å²) >= 11 is 6.02. The predicted octanol–water partition coefficient (Wildman–Crippen LogP) is 4.44. The summed E-state index contributed by atoms with van der Waals surface area (Å²) in [4.78, 5) is 4.46. The SMILES string of the molecule is Cc1cc(Cl)ccc1-c1ccc2c(c1)ncn2CC(C)(C)O. The van der Waals surface area contributed by atoms with Crippen molar-refractivity contribution < 1.29 is 5.11 Å². The van der Waals surface area contributed by atoms with Gasteiger partial charge >= 0.3 is 0 Å². The Hall–Kier alpha value is -1.84. The molecule has 1 heterocycles. The molecule has 0 aliphatic heterocycles. The maximum Gasteiger partial charge on any atom is 0.0959 e. The van der Waals surface area contributed by atoms with E-state index in [-0.39, 0.29) is 0 Å². The third-order valence-electron chi connectivity index (χ3n) is 3.68. The number of nitrogens with zero attached hydrogens (tertiary/aromatic N) is 2. The third-order valence-corrected chi connectivity index (χ3v) is 3.91. The van der Waals surface area contributed by atoms with Crippen LogP contribution in [-0.2, 0) is 6.54 Å². The highest BCUT2D eigenvalue weighted by molar-refractivity contribution is 6.30. The van der Waals surface area contributed by atoms with E-state index in [0.29, 0.717) is 6.54 Å². The van der Waals surface area contributed by atoms with Crippen LogP contribution in [0.1, 0.15) is 19.4 Å². The Bertz CT molecular complexity index is 831. The van der Waals surface area contributed by atoms with Crippen LogP contribution in [-0.4, -0.2) is 20.3 Å². The molecule has 0 atom stereocenters. The van der Waals surface area contributed by atoms with Gasteiger partial charge in [0.1, 0.15) is 0 Å². The molecule has 3 rings (SSSR count). The van der Waals surface area contributed by atoms with Crippen molar-refractivity contribution in [3.8, 4) is 11.1 Å². The number of aryl methyl sites for hydroxylation is 1. The molecule has 0 aliphatic carbocycles. The van der Waals surface area contributed by atoms with Gasteiger partial charge in [0, 0.05) is 5.02 Å². The van der Waals surface area contributed by atoms with Crippen LogP contribution in [0.15, 0.2) is 42.7 Å². The number of hydrogen-bond donors (Lipinski definition) is 1. The highest BCUT2D eigenvalue weighted by Gasteiger charge is 2.15. The van der Waals surface area contributed by atoms with Crippen LogP contribution in [0, 0.1) is 6.92 Å². The third kappa shape index (κ3) is 3.01. The van der Waals surface area contributed by atoms with Crippen LogP contribution < -0.4 is 0 Å². The quantitative estimate of drug-likeness (QED) is 0.776. The molecule has 0 amide bonds. The average Bonchev–Trinajstić information content (AvgIpc) is 2.79. The van der Waals surface area contributed by atoms with E-state index < -0.39 is 5.60 Å². The van der Waals surface area contributed by atoms with Crippen LogP contribution in [0.4, 0.5) is 0 Å². The topological polar surface area (TPSA) is 38.0 Å². The van der Waals surface area contributed by atoms with Crippen LogP contribution in [0.25, 0.3) is 22.2 Å². The number of aromatic nitrogens is 2. The molecule has 0 fully saturated rings. The van der Waals surface area contributed by atoms with E-state index in [1.807, 2.05) is 22.8 Å². The molecule has 4 heteroatoms. The van der Waals surface area contributed by atoms with E-state index in [1.54, 1.807) is 20.2 Å². The largest absolute Gasteiger partial charge is 0.389 e. The Labute approximate surface area is 135 Å². The van der Waals surface area contributed by atoms with Gasteiger partial charge in [-0.15, -0.1) is 0 Å². The fourth-order valence-electron chi connectivity index (χ4n) is 2.73. The van der Waals surface area contributed by atoms with Gasteiger partial charge < -0.3 is 9.67 Å². The first-order chi connectivity index (χ1) is 10.3. The van der Waals surface area contributed by atoms with Gasteiger partial charge in [0.2, 0.25) is 0 Å². The molecule has 0 saturated heterocycles. The molecule has 22 heavy (non-hydrogen) atoms. The van der Waals surface area contributed by atoms with Crippen LogP contribution in [0.2, 0.25) is 5.02 Å². The van der Waals surface area contributed by atoms with Gasteiger partial charge in [0.15, 0.2) is 0 Å². The molecule has 0 aliphatic rings. The lowest BCUT2D eigenvalue weighted by Gasteiger charge is -2.18. The molecule has 0 saturated carbocycles. The number of halogens is 1. The second kappa shape index (κ2) is 5.41. The Morgan fingerprint density at radius 1 is 1.18 bits per heavy atom. The van der Waals surface area contributed by atoms with Gasteiger partial charge in [-0.1, -0.05) is 23.7 Å². The Balaban J connectivity index is 2.04. The highest BCUT2D eigenvalue weighted by Crippen LogP contribution is 2.28. The number of imidazole rings is 1. The molecule has 3 nitrogen and oxygen atoms in total. The molecule has 0 bridgehead atoms. The number of fused-ring (bicyclic) bond motifs is 1. The number of rotatable bonds is 3. The van der Waals surface area contributed by atoms with E-state index in [4.69, 9.17) is 11.6 Å². The summed E-state index contributed by atoms with van der Waals surface area (Å²) in [7, 11) is 0. The fraction of sp³-hybridized carbons (Fsp3) is 0.278. The summed E-state index contributed by atoms with van der Waals surface area (Å²) in [5.41, 5.74) is 4.61. The van der Waals surface area contributed by atoms with Gasteiger partial charge in [-0.2, -0.15) is 0 Å². The smallest absolute Gasteiger partial charge is 0.0959 e. The number of benzene rings is 2. The minimum Gasteiger partial charge on any atom is -0.389 e. The second-order valence-corrected chi connectivity index (χ2v) is 6.78. The molecule has 114 valence electrons. The van der Waals surface area contributed by atoms with E-state index >= 15 is 0 Å². The van der Waals surface area contributed by atoms with Gasteiger partial charge in [-0.25, -0.2) is 4.98 Å². The van der Waals surface area contributed by atoms with Crippen LogP contribution in [0.3, 0.4) is 0 Å². The molecule has 3 aromatic rings. The van der Waals surface area contributed by atoms with Crippen molar-refractivity contribution in [3.05, 3.63) is 53.3 Å². The number of aliphatic hydroxyl groups is 1. The summed E-state index contributed by atoms with van der Waals surface area (Å²) in [6.07, 6.45) is 1.78. The van der Waals surface area contributed by atoms with E-state index in [9.17, 15) is 5.11 Å². The van der Waals surface area contributed by atoms with Crippen molar-refractivity contribution >= 4 is 22.6 Å².